The molecular formula is C23H28N2O5. The van der Waals surface area contributed by atoms with Gasteiger partial charge in [0.05, 0.1) is 27.3 Å². The number of ether oxygens (including phenoxy) is 4. The number of nitrogens with one attached hydrogen (secondary N) is 1. The Bertz CT molecular complexity index is 888. The lowest BCUT2D eigenvalue weighted by Crippen LogP contribution is -2.44. The van der Waals surface area contributed by atoms with Crippen LogP contribution < -0.4 is 24.3 Å². The Morgan fingerprint density at radius 1 is 1.17 bits per heavy atom. The van der Waals surface area contributed by atoms with E-state index >= 15 is 0 Å². The highest BCUT2D eigenvalue weighted by molar-refractivity contribution is 5.78. The Balaban J connectivity index is 1.34. The lowest BCUT2D eigenvalue weighted by Gasteiger charge is -2.28. The third-order valence-corrected chi connectivity index (χ3v) is 5.60. The maximum Gasteiger partial charge on any atom is 0.234 e. The molecule has 2 heterocycles. The molecule has 2 unspecified atom stereocenters. The molecule has 0 bridgehead atoms. The Labute approximate surface area is 176 Å². The molecule has 0 saturated carbocycles. The number of carbonyl (C=O) groups is 1. The summed E-state index contributed by atoms with van der Waals surface area (Å²) in [5.41, 5.74) is 1.06. The van der Waals surface area contributed by atoms with Gasteiger partial charge in [-0.1, -0.05) is 12.1 Å². The molecule has 0 aromatic heterocycles. The van der Waals surface area contributed by atoms with Gasteiger partial charge in [0.1, 0.15) is 24.2 Å². The highest BCUT2D eigenvalue weighted by atomic mass is 16.6. The summed E-state index contributed by atoms with van der Waals surface area (Å²) < 4.78 is 22.6. The van der Waals surface area contributed by atoms with Crippen LogP contribution in [0.4, 0.5) is 0 Å². The smallest absolute Gasteiger partial charge is 0.234 e. The second-order valence-electron chi connectivity index (χ2n) is 7.54. The van der Waals surface area contributed by atoms with Crippen molar-refractivity contribution >= 4 is 5.91 Å². The first kappa shape index (κ1) is 20.3. The predicted molar refractivity (Wildman–Crippen MR) is 112 cm³/mol. The minimum absolute atomic E-state index is 0.0220. The minimum Gasteiger partial charge on any atom is -0.497 e. The van der Waals surface area contributed by atoms with Crippen molar-refractivity contribution in [1.29, 1.82) is 0 Å². The van der Waals surface area contributed by atoms with Crippen molar-refractivity contribution in [3.8, 4) is 23.0 Å². The molecule has 1 N–H and O–H groups in total. The average Bonchev–Trinajstić information content (AvgIpc) is 3.24. The molecule has 1 saturated heterocycles. The van der Waals surface area contributed by atoms with Crippen LogP contribution in [0.15, 0.2) is 42.5 Å². The molecule has 0 aliphatic carbocycles. The third-order valence-electron chi connectivity index (χ3n) is 5.60. The number of nitrogens with zero attached hydrogens (tertiary/aromatic N) is 1. The van der Waals surface area contributed by atoms with Crippen LogP contribution >= 0.6 is 0 Å². The van der Waals surface area contributed by atoms with E-state index in [4.69, 9.17) is 18.9 Å². The zero-order chi connectivity index (χ0) is 20.9. The fourth-order valence-electron chi connectivity index (χ4n) is 4.10. The summed E-state index contributed by atoms with van der Waals surface area (Å²) in [6.45, 7) is 2.03. The van der Waals surface area contributed by atoms with Crippen molar-refractivity contribution in [2.75, 3.05) is 40.5 Å². The number of methoxy groups -OCH3 is 2. The van der Waals surface area contributed by atoms with Crippen molar-refractivity contribution in [2.24, 2.45) is 0 Å². The van der Waals surface area contributed by atoms with Crippen molar-refractivity contribution in [1.82, 2.24) is 10.2 Å². The van der Waals surface area contributed by atoms with E-state index in [0.717, 1.165) is 42.2 Å². The standard InChI is InChI=1S/C23H28N2O5/c1-27-16-9-10-20(28-2)18(12-16)19-6-5-11-25(19)14-23(26)24-13-17-15-29-21-7-3-4-8-22(21)30-17/h3-4,7-10,12,17,19H,5-6,11,13-15H2,1-2H3,(H,24,26). The van der Waals surface area contributed by atoms with Crippen LogP contribution in [0.25, 0.3) is 0 Å². The van der Waals surface area contributed by atoms with E-state index in [-0.39, 0.29) is 18.1 Å². The molecule has 1 fully saturated rings. The number of carbonyl (C=O) groups excluding carboxylic acids is 1. The molecule has 7 nitrogen and oxygen atoms in total. The second kappa shape index (κ2) is 9.26. The van der Waals surface area contributed by atoms with Crippen LogP contribution in [0.3, 0.4) is 0 Å². The molecule has 30 heavy (non-hydrogen) atoms. The van der Waals surface area contributed by atoms with Gasteiger partial charge in [-0.2, -0.15) is 0 Å². The van der Waals surface area contributed by atoms with Crippen molar-refractivity contribution in [2.45, 2.75) is 25.0 Å². The van der Waals surface area contributed by atoms with Crippen LogP contribution in [-0.4, -0.2) is 57.4 Å². The summed E-state index contributed by atoms with van der Waals surface area (Å²) in [6, 6.07) is 13.5. The second-order valence-corrected chi connectivity index (χ2v) is 7.54. The number of fused-ring (bicyclic) bond motifs is 1. The topological polar surface area (TPSA) is 69.3 Å². The molecular weight excluding hydrogens is 384 g/mol. The molecule has 0 spiro atoms. The van der Waals surface area contributed by atoms with E-state index in [1.807, 2.05) is 42.5 Å². The molecule has 7 heteroatoms. The Hall–Kier alpha value is -2.93. The molecule has 2 atom stereocenters. The largest absolute Gasteiger partial charge is 0.497 e. The lowest BCUT2D eigenvalue weighted by atomic mass is 10.0. The van der Waals surface area contributed by atoms with Crippen molar-refractivity contribution < 1.29 is 23.7 Å². The first-order chi connectivity index (χ1) is 14.7. The Morgan fingerprint density at radius 3 is 2.80 bits per heavy atom. The summed E-state index contributed by atoms with van der Waals surface area (Å²) in [5.74, 6) is 3.04. The first-order valence-electron chi connectivity index (χ1n) is 10.3. The fourth-order valence-corrected chi connectivity index (χ4v) is 4.10. The Kier molecular flexibility index (Phi) is 6.28. The summed E-state index contributed by atoms with van der Waals surface area (Å²) >= 11 is 0. The number of rotatable bonds is 7. The van der Waals surface area contributed by atoms with Gasteiger partial charge in [0.2, 0.25) is 5.91 Å². The first-order valence-corrected chi connectivity index (χ1v) is 10.3. The maximum absolute atomic E-state index is 12.6. The summed E-state index contributed by atoms with van der Waals surface area (Å²) in [4.78, 5) is 14.8. The Morgan fingerprint density at radius 2 is 2.00 bits per heavy atom. The van der Waals surface area contributed by atoms with Gasteiger partial charge in [-0.15, -0.1) is 0 Å². The van der Waals surface area contributed by atoms with Gasteiger partial charge in [-0.3, -0.25) is 9.69 Å². The normalized spacial score (nSPS) is 20.6. The van der Waals surface area contributed by atoms with Gasteiger partial charge in [0.25, 0.3) is 0 Å². The average molecular weight is 412 g/mol. The van der Waals surface area contributed by atoms with Crippen LogP contribution in [-0.2, 0) is 4.79 Å². The van der Waals surface area contributed by atoms with Gasteiger partial charge in [-0.05, 0) is 49.7 Å². The van der Waals surface area contributed by atoms with Crippen LogP contribution in [0.1, 0.15) is 24.4 Å². The molecule has 4 rings (SSSR count). The zero-order valence-electron chi connectivity index (χ0n) is 17.4. The highest BCUT2D eigenvalue weighted by Crippen LogP contribution is 2.38. The third kappa shape index (κ3) is 4.46. The van der Waals surface area contributed by atoms with Gasteiger partial charge in [-0.25, -0.2) is 0 Å². The summed E-state index contributed by atoms with van der Waals surface area (Å²) in [7, 11) is 3.32. The molecule has 2 aromatic rings. The summed E-state index contributed by atoms with van der Waals surface area (Å²) in [6.07, 6.45) is 1.82. The fraction of sp³-hybridized carbons (Fsp3) is 0.435. The van der Waals surface area contributed by atoms with Crippen molar-refractivity contribution in [3.63, 3.8) is 0 Å². The van der Waals surface area contributed by atoms with Gasteiger partial charge in [0.15, 0.2) is 11.5 Å². The molecule has 0 radical (unpaired) electrons. The monoisotopic (exact) mass is 412 g/mol. The number of likely N-dealkylation sites (tertiary alicyclic amines) is 1. The van der Waals surface area contributed by atoms with E-state index < -0.39 is 0 Å². The number of benzene rings is 2. The molecule has 2 aromatic carbocycles. The predicted octanol–water partition coefficient (Wildman–Crippen LogP) is 2.80. The number of hydrogen-bond acceptors (Lipinski definition) is 6. The zero-order valence-corrected chi connectivity index (χ0v) is 17.4. The lowest BCUT2D eigenvalue weighted by molar-refractivity contribution is -0.123. The molecule has 1 amide bonds. The van der Waals surface area contributed by atoms with Gasteiger partial charge in [0, 0.05) is 11.6 Å². The maximum atomic E-state index is 12.6. The molecule has 160 valence electrons. The van der Waals surface area contributed by atoms with E-state index in [2.05, 4.69) is 10.2 Å². The van der Waals surface area contributed by atoms with E-state index in [1.54, 1.807) is 14.2 Å². The molecule has 2 aliphatic heterocycles. The van der Waals surface area contributed by atoms with E-state index in [1.165, 1.54) is 0 Å². The van der Waals surface area contributed by atoms with Crippen molar-refractivity contribution in [3.05, 3.63) is 48.0 Å². The highest BCUT2D eigenvalue weighted by Gasteiger charge is 2.30. The van der Waals surface area contributed by atoms with Gasteiger partial charge >= 0.3 is 0 Å². The van der Waals surface area contributed by atoms with Crippen LogP contribution in [0, 0.1) is 0 Å². The van der Waals surface area contributed by atoms with E-state index in [0.29, 0.717) is 25.4 Å². The molecule has 2 aliphatic rings. The van der Waals surface area contributed by atoms with Gasteiger partial charge < -0.3 is 24.3 Å². The quantitative estimate of drug-likeness (QED) is 0.754. The number of para-hydroxylation sites is 2. The number of hydrogen-bond donors (Lipinski definition) is 1. The minimum atomic E-state index is -0.197. The number of amides is 1. The summed E-state index contributed by atoms with van der Waals surface area (Å²) in [5, 5.41) is 2.99. The SMILES string of the molecule is COc1ccc(OC)c(C2CCCN2CC(=O)NCC2COc3ccccc3O2)c1. The van der Waals surface area contributed by atoms with E-state index in [9.17, 15) is 4.79 Å². The van der Waals surface area contributed by atoms with Crippen LogP contribution in [0.5, 0.6) is 23.0 Å². The van der Waals surface area contributed by atoms with Crippen LogP contribution in [0.2, 0.25) is 0 Å².